The van der Waals surface area contributed by atoms with E-state index >= 15 is 0 Å². The van der Waals surface area contributed by atoms with Crippen LogP contribution in [0, 0.1) is 11.8 Å². The molecule has 1 aliphatic heterocycles. The summed E-state index contributed by atoms with van der Waals surface area (Å²) in [5.74, 6) is 0.600. The summed E-state index contributed by atoms with van der Waals surface area (Å²) in [6.45, 7) is 9.28. The average molecular weight is 257 g/mol. The summed E-state index contributed by atoms with van der Waals surface area (Å²) in [6, 6.07) is 0. The van der Waals surface area contributed by atoms with Crippen molar-refractivity contribution in [2.75, 3.05) is 27.4 Å². The Bertz CT molecular complexity index is 295. The van der Waals surface area contributed by atoms with Crippen LogP contribution in [0.3, 0.4) is 0 Å². The molecule has 0 aromatic heterocycles. The highest BCUT2D eigenvalue weighted by Gasteiger charge is 2.56. The van der Waals surface area contributed by atoms with Gasteiger partial charge in [-0.1, -0.05) is 13.8 Å². The molecule has 4 nitrogen and oxygen atoms in total. The fourth-order valence-electron chi connectivity index (χ4n) is 2.31. The molecule has 0 unspecified atom stereocenters. The Balaban J connectivity index is 2.86. The van der Waals surface area contributed by atoms with Gasteiger partial charge in [-0.15, -0.1) is 0 Å². The third-order valence-electron chi connectivity index (χ3n) is 3.86. The smallest absolute Gasteiger partial charge is 0.174 e. The SMILES string of the molecule is CNC(C)(C)[C@@H](CC(C)C)C(=O)[C@@]1(COC)CO1. The zero-order valence-corrected chi connectivity index (χ0v) is 12.5. The molecule has 1 saturated heterocycles. The Kier molecular flexibility index (Phi) is 4.92. The molecule has 1 heterocycles. The van der Waals surface area contributed by atoms with Crippen molar-refractivity contribution in [3.63, 3.8) is 0 Å². The number of rotatable bonds is 8. The molecule has 1 N–H and O–H groups in total. The summed E-state index contributed by atoms with van der Waals surface area (Å²) in [5.41, 5.74) is -0.906. The molecule has 0 aliphatic carbocycles. The molecule has 1 aliphatic rings. The predicted octanol–water partition coefficient (Wildman–Crippen LogP) is 1.63. The number of nitrogens with one attached hydrogen (secondary N) is 1. The van der Waals surface area contributed by atoms with Crippen molar-refractivity contribution in [1.29, 1.82) is 0 Å². The second-order valence-electron chi connectivity index (χ2n) is 6.23. The van der Waals surface area contributed by atoms with Gasteiger partial charge in [-0.25, -0.2) is 0 Å². The normalized spacial score (nSPS) is 25.3. The lowest BCUT2D eigenvalue weighted by Crippen LogP contribution is -2.52. The minimum atomic E-state index is -0.678. The van der Waals surface area contributed by atoms with Gasteiger partial charge in [-0.05, 0) is 33.2 Å². The summed E-state index contributed by atoms with van der Waals surface area (Å²) < 4.78 is 10.5. The van der Waals surface area contributed by atoms with Gasteiger partial charge in [0.05, 0.1) is 13.2 Å². The van der Waals surface area contributed by atoms with Gasteiger partial charge in [-0.3, -0.25) is 4.79 Å². The van der Waals surface area contributed by atoms with E-state index in [1.54, 1.807) is 7.11 Å². The van der Waals surface area contributed by atoms with Gasteiger partial charge in [0.2, 0.25) is 0 Å². The Morgan fingerprint density at radius 1 is 1.50 bits per heavy atom. The highest BCUT2D eigenvalue weighted by atomic mass is 16.6. The molecule has 1 fully saturated rings. The largest absolute Gasteiger partial charge is 0.381 e. The molecule has 2 atom stereocenters. The lowest BCUT2D eigenvalue weighted by molar-refractivity contribution is -0.133. The number of carbonyl (C=O) groups excluding carboxylic acids is 1. The van der Waals surface area contributed by atoms with Crippen molar-refractivity contribution >= 4 is 5.78 Å². The van der Waals surface area contributed by atoms with Crippen LogP contribution >= 0.6 is 0 Å². The molecular formula is C14H27NO3. The Morgan fingerprint density at radius 2 is 2.06 bits per heavy atom. The summed E-state index contributed by atoms with van der Waals surface area (Å²) in [6.07, 6.45) is 0.863. The maximum Gasteiger partial charge on any atom is 0.174 e. The van der Waals surface area contributed by atoms with E-state index in [1.165, 1.54) is 0 Å². The number of ether oxygens (including phenoxy) is 2. The van der Waals surface area contributed by atoms with Gasteiger partial charge in [0.25, 0.3) is 0 Å². The van der Waals surface area contributed by atoms with E-state index in [4.69, 9.17) is 9.47 Å². The van der Waals surface area contributed by atoms with Crippen LogP contribution in [-0.4, -0.2) is 44.3 Å². The summed E-state index contributed by atoms with van der Waals surface area (Å²) in [5, 5.41) is 3.25. The topological polar surface area (TPSA) is 50.9 Å². The average Bonchev–Trinajstić information content (AvgIpc) is 3.06. The number of ketones is 1. The number of methoxy groups -OCH3 is 1. The van der Waals surface area contributed by atoms with E-state index in [-0.39, 0.29) is 17.2 Å². The molecule has 106 valence electrons. The standard InChI is InChI=1S/C14H27NO3/c1-10(2)7-11(13(3,4)15-5)12(16)14(8-17-6)9-18-14/h10-11,15H,7-9H2,1-6H3/t11-,14+/m0/s1. The first-order chi connectivity index (χ1) is 8.29. The Hall–Kier alpha value is -0.450. The molecule has 4 heteroatoms. The molecule has 1 rings (SSSR count). The van der Waals surface area contributed by atoms with Gasteiger partial charge in [0.1, 0.15) is 0 Å². The molecule has 0 aromatic rings. The lowest BCUT2D eigenvalue weighted by atomic mass is 9.75. The van der Waals surface area contributed by atoms with Crippen LogP contribution in [-0.2, 0) is 14.3 Å². The van der Waals surface area contributed by atoms with Crippen LogP contribution in [0.1, 0.15) is 34.1 Å². The van der Waals surface area contributed by atoms with E-state index < -0.39 is 5.60 Å². The van der Waals surface area contributed by atoms with Gasteiger partial charge in [0, 0.05) is 18.6 Å². The maximum absolute atomic E-state index is 12.7. The van der Waals surface area contributed by atoms with E-state index in [0.29, 0.717) is 19.1 Å². The molecule has 0 saturated carbocycles. The minimum Gasteiger partial charge on any atom is -0.381 e. The monoisotopic (exact) mass is 257 g/mol. The number of carbonyl (C=O) groups is 1. The van der Waals surface area contributed by atoms with Gasteiger partial charge < -0.3 is 14.8 Å². The van der Waals surface area contributed by atoms with E-state index in [0.717, 1.165) is 6.42 Å². The molecule has 0 spiro atoms. The molecule has 0 bridgehead atoms. The Labute approximate surface area is 110 Å². The molecular weight excluding hydrogens is 230 g/mol. The number of Topliss-reactive ketones (excluding diaryl/α,β-unsaturated/α-hetero) is 1. The van der Waals surface area contributed by atoms with Crippen molar-refractivity contribution in [2.24, 2.45) is 11.8 Å². The van der Waals surface area contributed by atoms with Crippen molar-refractivity contribution in [3.8, 4) is 0 Å². The van der Waals surface area contributed by atoms with Crippen LogP contribution in [0.2, 0.25) is 0 Å². The first-order valence-corrected chi connectivity index (χ1v) is 6.65. The van der Waals surface area contributed by atoms with Crippen LogP contribution < -0.4 is 5.32 Å². The highest BCUT2D eigenvalue weighted by Crippen LogP contribution is 2.37. The van der Waals surface area contributed by atoms with Crippen molar-refractivity contribution in [2.45, 2.75) is 45.3 Å². The maximum atomic E-state index is 12.7. The fourth-order valence-corrected chi connectivity index (χ4v) is 2.31. The van der Waals surface area contributed by atoms with Gasteiger partial charge >= 0.3 is 0 Å². The predicted molar refractivity (Wildman–Crippen MR) is 71.6 cm³/mol. The summed E-state index contributed by atoms with van der Waals surface area (Å²) >= 11 is 0. The van der Waals surface area contributed by atoms with Crippen molar-refractivity contribution < 1.29 is 14.3 Å². The zero-order chi connectivity index (χ0) is 14.0. The first-order valence-electron chi connectivity index (χ1n) is 6.65. The number of hydrogen-bond acceptors (Lipinski definition) is 4. The summed E-state index contributed by atoms with van der Waals surface area (Å²) in [7, 11) is 3.51. The molecule has 0 aromatic carbocycles. The van der Waals surface area contributed by atoms with Crippen molar-refractivity contribution in [3.05, 3.63) is 0 Å². The second-order valence-corrected chi connectivity index (χ2v) is 6.23. The molecule has 0 amide bonds. The summed E-state index contributed by atoms with van der Waals surface area (Å²) in [4.78, 5) is 12.7. The first kappa shape index (κ1) is 15.6. The lowest BCUT2D eigenvalue weighted by Gasteiger charge is -2.35. The number of hydrogen-bond donors (Lipinski definition) is 1. The van der Waals surface area contributed by atoms with Crippen LogP contribution in [0.5, 0.6) is 0 Å². The van der Waals surface area contributed by atoms with E-state index in [1.807, 2.05) is 7.05 Å². The van der Waals surface area contributed by atoms with Gasteiger partial charge in [0.15, 0.2) is 11.4 Å². The van der Waals surface area contributed by atoms with E-state index in [2.05, 4.69) is 33.0 Å². The van der Waals surface area contributed by atoms with E-state index in [9.17, 15) is 4.79 Å². The minimum absolute atomic E-state index is 0.0554. The molecule has 0 radical (unpaired) electrons. The fraction of sp³-hybridized carbons (Fsp3) is 0.929. The quantitative estimate of drug-likeness (QED) is 0.672. The third-order valence-corrected chi connectivity index (χ3v) is 3.86. The van der Waals surface area contributed by atoms with Crippen LogP contribution in [0.4, 0.5) is 0 Å². The van der Waals surface area contributed by atoms with Gasteiger partial charge in [-0.2, -0.15) is 0 Å². The molecule has 18 heavy (non-hydrogen) atoms. The van der Waals surface area contributed by atoms with Crippen molar-refractivity contribution in [1.82, 2.24) is 5.32 Å². The second kappa shape index (κ2) is 5.68. The van der Waals surface area contributed by atoms with Crippen LogP contribution in [0.15, 0.2) is 0 Å². The van der Waals surface area contributed by atoms with Crippen LogP contribution in [0.25, 0.3) is 0 Å². The third kappa shape index (κ3) is 3.31. The number of epoxide rings is 1. The zero-order valence-electron chi connectivity index (χ0n) is 12.5. The Morgan fingerprint density at radius 3 is 2.39 bits per heavy atom. The highest BCUT2D eigenvalue weighted by molar-refractivity contribution is 5.93.